The molecule has 2 nitrogen and oxygen atoms in total. The molecule has 0 fully saturated rings. The molecule has 0 radical (unpaired) electrons. The summed E-state index contributed by atoms with van der Waals surface area (Å²) >= 11 is 7.09. The molecule has 0 saturated heterocycles. The largest absolute Gasteiger partial charge is 0.347 e. The summed E-state index contributed by atoms with van der Waals surface area (Å²) in [7, 11) is 0. The van der Waals surface area contributed by atoms with Crippen LogP contribution in [0.2, 0.25) is 0 Å². The second kappa shape index (κ2) is 11.6. The number of rotatable bonds is 8. The first-order valence-electron chi connectivity index (χ1n) is 14.7. The van der Waals surface area contributed by atoms with Crippen molar-refractivity contribution >= 4 is 28.2 Å². The Labute approximate surface area is 240 Å². The van der Waals surface area contributed by atoms with Gasteiger partial charge in [0.2, 0.25) is 0 Å². The molecule has 1 aliphatic carbocycles. The average molecular weight is 539 g/mol. The molecule has 1 atom stereocenters. The fourth-order valence-corrected chi connectivity index (χ4v) is 6.57. The van der Waals surface area contributed by atoms with Gasteiger partial charge in [0.1, 0.15) is 0 Å². The summed E-state index contributed by atoms with van der Waals surface area (Å²) in [5, 5.41) is 2.25. The number of anilines is 1. The molecule has 3 aromatic rings. The number of hydrogen-bond donors (Lipinski definition) is 0. The minimum absolute atomic E-state index is 0.0243. The van der Waals surface area contributed by atoms with Gasteiger partial charge in [-0.15, -0.1) is 0 Å². The van der Waals surface area contributed by atoms with E-state index in [1.54, 1.807) is 0 Å². The molecule has 3 heteroatoms. The summed E-state index contributed by atoms with van der Waals surface area (Å²) < 4.78 is 2.39. The van der Waals surface area contributed by atoms with Gasteiger partial charge in [-0.2, -0.15) is 0 Å². The molecule has 0 amide bonds. The zero-order valence-corrected chi connectivity index (χ0v) is 25.0. The van der Waals surface area contributed by atoms with Crippen LogP contribution in [0.3, 0.4) is 0 Å². The third kappa shape index (κ3) is 5.54. The maximum Gasteiger partial charge on any atom is 0.0480 e. The number of benzene rings is 2. The molecular weight excluding hydrogens is 496 g/mol. The molecule has 0 spiro atoms. The molecule has 2 aliphatic rings. The topological polar surface area (TPSA) is 8.17 Å². The first-order valence-corrected chi connectivity index (χ1v) is 15.1. The Hall–Kier alpha value is -2.97. The van der Waals surface area contributed by atoms with Crippen molar-refractivity contribution in [3.63, 3.8) is 0 Å². The van der Waals surface area contributed by atoms with Crippen molar-refractivity contribution in [3.05, 3.63) is 113 Å². The summed E-state index contributed by atoms with van der Waals surface area (Å²) in [6.07, 6.45) is 15.9. The van der Waals surface area contributed by atoms with Crippen molar-refractivity contribution in [2.45, 2.75) is 72.3 Å². The number of allylic oxidation sites excluding steroid dienone is 8. The third-order valence-electron chi connectivity index (χ3n) is 8.63. The summed E-state index contributed by atoms with van der Waals surface area (Å²) in [5.74, 6) is 0.982. The van der Waals surface area contributed by atoms with Gasteiger partial charge >= 0.3 is 0 Å². The Bertz CT molecular complexity index is 1450. The normalized spacial score (nSPS) is 20.2. The van der Waals surface area contributed by atoms with Crippen LogP contribution in [0.5, 0.6) is 0 Å². The predicted molar refractivity (Wildman–Crippen MR) is 169 cm³/mol. The molecule has 1 unspecified atom stereocenters. The maximum atomic E-state index is 7.09. The van der Waals surface area contributed by atoms with Gasteiger partial charge in [0, 0.05) is 46.6 Å². The molecule has 1 aliphatic heterocycles. The number of hydrogen-bond acceptors (Lipinski definition) is 1. The number of halogens is 1. The van der Waals surface area contributed by atoms with Crippen LogP contribution >= 0.6 is 11.6 Å². The van der Waals surface area contributed by atoms with E-state index in [0.717, 1.165) is 43.8 Å². The van der Waals surface area contributed by atoms with Gasteiger partial charge < -0.3 is 9.47 Å². The lowest BCUT2D eigenvalue weighted by Crippen LogP contribution is -2.26. The first-order chi connectivity index (χ1) is 18.8. The lowest BCUT2D eigenvalue weighted by molar-refractivity contribution is 0.411. The average Bonchev–Trinajstić information content (AvgIpc) is 3.43. The Morgan fingerprint density at radius 2 is 1.74 bits per heavy atom. The van der Waals surface area contributed by atoms with E-state index in [2.05, 4.69) is 129 Å². The van der Waals surface area contributed by atoms with Crippen LogP contribution in [-0.4, -0.2) is 11.1 Å². The monoisotopic (exact) mass is 538 g/mol. The van der Waals surface area contributed by atoms with Gasteiger partial charge in [-0.1, -0.05) is 101 Å². The zero-order valence-electron chi connectivity index (χ0n) is 24.3. The minimum atomic E-state index is -0.0243. The SMILES string of the molecule is CCCN1C(=CC=C2CCCC(C=CC(Cn3ccc4ccccc43)C(C)C)=C2Cl)C(C)(C)c2ccccc21. The highest BCUT2D eigenvalue weighted by molar-refractivity contribution is 6.32. The summed E-state index contributed by atoms with van der Waals surface area (Å²) in [6.45, 7) is 13.6. The lowest BCUT2D eigenvalue weighted by atomic mass is 9.83. The number of para-hydroxylation sites is 2. The molecule has 0 bridgehead atoms. The van der Waals surface area contributed by atoms with E-state index in [4.69, 9.17) is 11.6 Å². The van der Waals surface area contributed by atoms with Crippen molar-refractivity contribution in [3.8, 4) is 0 Å². The first kappa shape index (κ1) is 27.6. The summed E-state index contributed by atoms with van der Waals surface area (Å²) in [5.41, 5.74) is 7.93. The van der Waals surface area contributed by atoms with Crippen LogP contribution in [0.15, 0.2) is 107 Å². The van der Waals surface area contributed by atoms with Crippen molar-refractivity contribution in [2.24, 2.45) is 11.8 Å². The van der Waals surface area contributed by atoms with Crippen molar-refractivity contribution in [1.29, 1.82) is 0 Å². The van der Waals surface area contributed by atoms with E-state index in [9.17, 15) is 0 Å². The van der Waals surface area contributed by atoms with Crippen LogP contribution in [0.4, 0.5) is 5.69 Å². The van der Waals surface area contributed by atoms with Gasteiger partial charge in [0.05, 0.1) is 0 Å². The molecular formula is C36H43ClN2. The molecule has 204 valence electrons. The van der Waals surface area contributed by atoms with Crippen molar-refractivity contribution in [1.82, 2.24) is 4.57 Å². The third-order valence-corrected chi connectivity index (χ3v) is 9.12. The molecule has 0 N–H and O–H groups in total. The van der Waals surface area contributed by atoms with Crippen molar-refractivity contribution in [2.75, 3.05) is 11.4 Å². The van der Waals surface area contributed by atoms with E-state index in [0.29, 0.717) is 11.8 Å². The summed E-state index contributed by atoms with van der Waals surface area (Å²) in [4.78, 5) is 2.51. The molecule has 5 rings (SSSR count). The van der Waals surface area contributed by atoms with Gasteiger partial charge in [-0.3, -0.25) is 0 Å². The molecule has 2 heterocycles. The van der Waals surface area contributed by atoms with Crippen molar-refractivity contribution < 1.29 is 0 Å². The highest BCUT2D eigenvalue weighted by atomic mass is 35.5. The van der Waals surface area contributed by atoms with Gasteiger partial charge in [0.25, 0.3) is 0 Å². The fraction of sp³-hybridized carbons (Fsp3) is 0.389. The number of nitrogens with zero attached hydrogens (tertiary/aromatic N) is 2. The van der Waals surface area contributed by atoms with E-state index in [1.807, 2.05) is 0 Å². The zero-order chi connectivity index (χ0) is 27.6. The van der Waals surface area contributed by atoms with Crippen LogP contribution < -0.4 is 4.90 Å². The van der Waals surface area contributed by atoms with Crippen LogP contribution in [0.1, 0.15) is 65.9 Å². The highest BCUT2D eigenvalue weighted by Gasteiger charge is 2.39. The molecule has 39 heavy (non-hydrogen) atoms. The second-order valence-corrected chi connectivity index (χ2v) is 12.4. The summed E-state index contributed by atoms with van der Waals surface area (Å²) in [6, 6.07) is 19.7. The van der Waals surface area contributed by atoms with Crippen LogP contribution in [-0.2, 0) is 12.0 Å². The minimum Gasteiger partial charge on any atom is -0.347 e. The van der Waals surface area contributed by atoms with Crippen LogP contribution in [0.25, 0.3) is 10.9 Å². The second-order valence-electron chi connectivity index (χ2n) is 12.0. The Morgan fingerprint density at radius 1 is 0.974 bits per heavy atom. The van der Waals surface area contributed by atoms with E-state index in [1.165, 1.54) is 39.0 Å². The molecule has 0 saturated carbocycles. The number of fused-ring (bicyclic) bond motifs is 2. The van der Waals surface area contributed by atoms with Crippen LogP contribution in [0, 0.1) is 11.8 Å². The van der Waals surface area contributed by atoms with Gasteiger partial charge in [-0.05, 0) is 83.9 Å². The Balaban J connectivity index is 1.40. The lowest BCUT2D eigenvalue weighted by Gasteiger charge is -2.27. The molecule has 1 aromatic heterocycles. The Kier molecular flexibility index (Phi) is 8.24. The fourth-order valence-electron chi connectivity index (χ4n) is 6.25. The predicted octanol–water partition coefficient (Wildman–Crippen LogP) is 10.2. The maximum absolute atomic E-state index is 7.09. The number of aromatic nitrogens is 1. The highest BCUT2D eigenvalue weighted by Crippen LogP contribution is 2.47. The van der Waals surface area contributed by atoms with E-state index < -0.39 is 0 Å². The van der Waals surface area contributed by atoms with E-state index in [-0.39, 0.29) is 5.41 Å². The van der Waals surface area contributed by atoms with Gasteiger partial charge in [-0.25, -0.2) is 0 Å². The van der Waals surface area contributed by atoms with E-state index >= 15 is 0 Å². The molecule has 2 aromatic carbocycles. The standard InChI is InChI=1S/C36H43ClN2/c1-6-23-39-33-17-10-8-15-31(33)36(4,5)34(39)21-20-29-14-11-13-28(35(29)37)18-19-30(26(2)3)25-38-24-22-27-12-7-9-16-32(27)38/h7-10,12,15-22,24,26,30H,6,11,13-14,23,25H2,1-5H3. The van der Waals surface area contributed by atoms with Gasteiger partial charge in [0.15, 0.2) is 0 Å². The Morgan fingerprint density at radius 3 is 2.54 bits per heavy atom. The quantitative estimate of drug-likeness (QED) is 0.277. The smallest absolute Gasteiger partial charge is 0.0480 e.